The number of nitrogens with one attached hydrogen (secondary N) is 1. The normalized spacial score (nSPS) is 13.3. The molecule has 0 saturated carbocycles. The van der Waals surface area contributed by atoms with Gasteiger partial charge in [0, 0.05) is 17.6 Å². The molecule has 1 N–H and O–H groups in total. The number of nitrogens with zero attached hydrogens (tertiary/aromatic N) is 5. The molecule has 0 bridgehead atoms. The number of hydrogen-bond acceptors (Lipinski definition) is 6. The van der Waals surface area contributed by atoms with Crippen LogP contribution in [0.1, 0.15) is 81.4 Å². The Hall–Kier alpha value is -4.04. The van der Waals surface area contributed by atoms with E-state index in [9.17, 15) is 4.79 Å². The molecule has 3 heterocycles. The minimum absolute atomic E-state index is 0.0558. The molecule has 0 amide bonds. The number of benzene rings is 2. The lowest BCUT2D eigenvalue weighted by Crippen LogP contribution is -2.37. The lowest BCUT2D eigenvalue weighted by atomic mass is 9.86. The molecule has 0 unspecified atom stereocenters. The molecule has 0 spiro atoms. The number of furan rings is 1. The highest BCUT2D eigenvalue weighted by Gasteiger charge is 2.34. The van der Waals surface area contributed by atoms with Crippen molar-refractivity contribution in [2.24, 2.45) is 0 Å². The topological polar surface area (TPSA) is 92.8 Å². The summed E-state index contributed by atoms with van der Waals surface area (Å²) in [5, 5.41) is 13.9. The maximum absolute atomic E-state index is 13.7. The van der Waals surface area contributed by atoms with Crippen LogP contribution in [0.4, 0.5) is 0 Å². The van der Waals surface area contributed by atoms with Gasteiger partial charge in [-0.3, -0.25) is 9.69 Å². The average molecular weight is 539 g/mol. The van der Waals surface area contributed by atoms with E-state index in [0.29, 0.717) is 24.5 Å². The molecule has 40 heavy (non-hydrogen) atoms. The number of H-pyrrole nitrogens is 1. The molecule has 0 saturated heterocycles. The van der Waals surface area contributed by atoms with Gasteiger partial charge >= 0.3 is 0 Å². The van der Waals surface area contributed by atoms with E-state index < -0.39 is 11.6 Å². The fourth-order valence-electron chi connectivity index (χ4n) is 5.07. The predicted octanol–water partition coefficient (Wildman–Crippen LogP) is 6.26. The van der Waals surface area contributed by atoms with Crippen LogP contribution in [0.2, 0.25) is 0 Å². The van der Waals surface area contributed by atoms with E-state index >= 15 is 0 Å². The second kappa shape index (κ2) is 10.5. The standard InChI is InChI=1S/C32H38N6O2/c1-21-10-15-27-23(17-21)18-26(30(39)33-27)28(29-34-35-36-38(29)32(5,6)7)37(20-25-9-8-16-40-25)19-22-11-13-24(14-12-22)31(2,3)4/h8-18,28H,19-20H2,1-7H3,(H,33,39)/t28-/m1/s1. The lowest BCUT2D eigenvalue weighted by Gasteiger charge is -2.32. The van der Waals surface area contributed by atoms with Crippen LogP contribution >= 0.6 is 0 Å². The molecule has 3 aromatic heterocycles. The quantitative estimate of drug-likeness (QED) is 0.263. The van der Waals surface area contributed by atoms with Crippen molar-refractivity contribution >= 4 is 10.9 Å². The summed E-state index contributed by atoms with van der Waals surface area (Å²) in [6, 6.07) is 20.0. The number of fused-ring (bicyclic) bond motifs is 1. The summed E-state index contributed by atoms with van der Waals surface area (Å²) in [6.45, 7) is 15.9. The Labute approximate surface area is 235 Å². The number of aryl methyl sites for hydroxylation is 1. The van der Waals surface area contributed by atoms with Gasteiger partial charge in [0.25, 0.3) is 5.56 Å². The van der Waals surface area contributed by atoms with Crippen molar-refractivity contribution in [1.82, 2.24) is 30.1 Å². The fourth-order valence-corrected chi connectivity index (χ4v) is 5.07. The number of tetrazole rings is 1. The number of aromatic amines is 1. The zero-order valence-corrected chi connectivity index (χ0v) is 24.4. The second-order valence-corrected chi connectivity index (χ2v) is 12.6. The van der Waals surface area contributed by atoms with E-state index in [1.165, 1.54) is 5.56 Å². The zero-order chi connectivity index (χ0) is 28.7. The minimum atomic E-state index is -0.546. The van der Waals surface area contributed by atoms with Crippen LogP contribution in [0.5, 0.6) is 0 Å². The Morgan fingerprint density at radius 2 is 1.73 bits per heavy atom. The number of aromatic nitrogens is 5. The van der Waals surface area contributed by atoms with Crippen molar-refractivity contribution in [2.75, 3.05) is 0 Å². The van der Waals surface area contributed by atoms with E-state index in [2.05, 4.69) is 97.3 Å². The highest BCUT2D eigenvalue weighted by Crippen LogP contribution is 2.32. The number of pyridine rings is 1. The zero-order valence-electron chi connectivity index (χ0n) is 24.4. The minimum Gasteiger partial charge on any atom is -0.468 e. The Morgan fingerprint density at radius 3 is 2.38 bits per heavy atom. The van der Waals surface area contributed by atoms with Crippen LogP contribution in [0.3, 0.4) is 0 Å². The van der Waals surface area contributed by atoms with Gasteiger partial charge in [0.15, 0.2) is 5.82 Å². The molecular formula is C32H38N6O2. The molecule has 0 aliphatic rings. The first kappa shape index (κ1) is 27.5. The summed E-state index contributed by atoms with van der Waals surface area (Å²) in [4.78, 5) is 19.1. The van der Waals surface area contributed by atoms with Crippen LogP contribution < -0.4 is 5.56 Å². The van der Waals surface area contributed by atoms with Crippen LogP contribution in [-0.2, 0) is 24.0 Å². The van der Waals surface area contributed by atoms with Gasteiger partial charge in [-0.05, 0) is 90.4 Å². The van der Waals surface area contributed by atoms with E-state index in [1.807, 2.05) is 41.9 Å². The molecule has 5 aromatic rings. The van der Waals surface area contributed by atoms with Gasteiger partial charge in [-0.15, -0.1) is 5.10 Å². The lowest BCUT2D eigenvalue weighted by molar-refractivity contribution is 0.171. The van der Waals surface area contributed by atoms with Gasteiger partial charge in [0.05, 0.1) is 18.3 Å². The summed E-state index contributed by atoms with van der Waals surface area (Å²) in [6.07, 6.45) is 1.67. The van der Waals surface area contributed by atoms with E-state index in [1.54, 1.807) is 6.26 Å². The summed E-state index contributed by atoms with van der Waals surface area (Å²) in [5.74, 6) is 1.39. The first-order valence-electron chi connectivity index (χ1n) is 13.7. The molecule has 0 aliphatic heterocycles. The van der Waals surface area contributed by atoms with Gasteiger partial charge in [-0.2, -0.15) is 0 Å². The van der Waals surface area contributed by atoms with Gasteiger partial charge < -0.3 is 9.40 Å². The maximum atomic E-state index is 13.7. The molecule has 8 heteroatoms. The Balaban J connectivity index is 1.69. The first-order chi connectivity index (χ1) is 18.9. The van der Waals surface area contributed by atoms with Crippen molar-refractivity contribution in [3.8, 4) is 0 Å². The largest absolute Gasteiger partial charge is 0.468 e. The molecule has 8 nitrogen and oxygen atoms in total. The van der Waals surface area contributed by atoms with Crippen LogP contribution in [0.15, 0.2) is 76.1 Å². The summed E-state index contributed by atoms with van der Waals surface area (Å²) < 4.78 is 7.61. The second-order valence-electron chi connectivity index (χ2n) is 12.6. The van der Waals surface area contributed by atoms with Crippen molar-refractivity contribution in [1.29, 1.82) is 0 Å². The predicted molar refractivity (Wildman–Crippen MR) is 157 cm³/mol. The smallest absolute Gasteiger partial charge is 0.253 e. The molecule has 0 fully saturated rings. The third-order valence-corrected chi connectivity index (χ3v) is 7.21. The third-order valence-electron chi connectivity index (χ3n) is 7.21. The first-order valence-corrected chi connectivity index (χ1v) is 13.7. The summed E-state index contributed by atoms with van der Waals surface area (Å²) in [5.41, 5.74) is 4.36. The summed E-state index contributed by atoms with van der Waals surface area (Å²) >= 11 is 0. The van der Waals surface area contributed by atoms with Crippen LogP contribution in [-0.4, -0.2) is 30.1 Å². The van der Waals surface area contributed by atoms with Crippen molar-refractivity contribution < 1.29 is 4.42 Å². The highest BCUT2D eigenvalue weighted by molar-refractivity contribution is 5.79. The Kier molecular flexibility index (Phi) is 7.23. The average Bonchev–Trinajstić information content (AvgIpc) is 3.57. The molecule has 1 atom stereocenters. The number of hydrogen-bond donors (Lipinski definition) is 1. The van der Waals surface area contributed by atoms with Gasteiger partial charge in [-0.25, -0.2) is 4.68 Å². The molecular weight excluding hydrogens is 500 g/mol. The van der Waals surface area contributed by atoms with Crippen molar-refractivity contribution in [2.45, 2.75) is 78.6 Å². The SMILES string of the molecule is Cc1ccc2[nH]c(=O)c([C@H](c3nnnn3C(C)(C)C)N(Cc3ccc(C(C)(C)C)cc3)Cc3ccco3)cc2c1. The maximum Gasteiger partial charge on any atom is 0.253 e. The van der Waals surface area contributed by atoms with Crippen molar-refractivity contribution in [3.05, 3.63) is 111 Å². The number of rotatable bonds is 7. The van der Waals surface area contributed by atoms with Gasteiger partial charge in [0.1, 0.15) is 11.8 Å². The molecule has 0 radical (unpaired) electrons. The Morgan fingerprint density at radius 1 is 0.975 bits per heavy atom. The van der Waals surface area contributed by atoms with Crippen LogP contribution in [0, 0.1) is 6.92 Å². The molecule has 208 valence electrons. The van der Waals surface area contributed by atoms with Crippen LogP contribution in [0.25, 0.3) is 10.9 Å². The van der Waals surface area contributed by atoms with Gasteiger partial charge in [0.2, 0.25) is 0 Å². The molecule has 5 rings (SSSR count). The van der Waals surface area contributed by atoms with E-state index in [-0.39, 0.29) is 11.0 Å². The van der Waals surface area contributed by atoms with E-state index in [4.69, 9.17) is 4.42 Å². The Bertz CT molecular complexity index is 1650. The third kappa shape index (κ3) is 5.77. The van der Waals surface area contributed by atoms with E-state index in [0.717, 1.165) is 27.8 Å². The fraction of sp³-hybridized carbons (Fsp3) is 0.375. The monoisotopic (exact) mass is 538 g/mol. The molecule has 0 aliphatic carbocycles. The van der Waals surface area contributed by atoms with Crippen molar-refractivity contribution in [3.63, 3.8) is 0 Å². The molecule has 2 aromatic carbocycles. The summed E-state index contributed by atoms with van der Waals surface area (Å²) in [7, 11) is 0. The highest BCUT2D eigenvalue weighted by atomic mass is 16.3. The van der Waals surface area contributed by atoms with Gasteiger partial charge in [-0.1, -0.05) is 56.7 Å².